The van der Waals surface area contributed by atoms with Crippen molar-refractivity contribution in [3.63, 3.8) is 0 Å². The van der Waals surface area contributed by atoms with E-state index in [-0.39, 0.29) is 22.9 Å². The summed E-state index contributed by atoms with van der Waals surface area (Å²) in [6.45, 7) is 0.143. The van der Waals surface area contributed by atoms with Gasteiger partial charge >= 0.3 is 5.97 Å². The maximum absolute atomic E-state index is 12.0. The number of esters is 1. The molecule has 6 nitrogen and oxygen atoms in total. The van der Waals surface area contributed by atoms with Crippen molar-refractivity contribution in [1.82, 2.24) is 0 Å². The van der Waals surface area contributed by atoms with E-state index in [2.05, 4.69) is 0 Å². The lowest BCUT2D eigenvalue weighted by molar-refractivity contribution is -0.384. The summed E-state index contributed by atoms with van der Waals surface area (Å²) in [4.78, 5) is 22.1. The molecule has 0 aliphatic carbocycles. The van der Waals surface area contributed by atoms with Crippen molar-refractivity contribution in [3.8, 4) is 5.75 Å². The zero-order valence-corrected chi connectivity index (χ0v) is 13.1. The molecule has 120 valence electrons. The Labute approximate surface area is 137 Å². The Bertz CT molecular complexity index is 715. The molecule has 0 spiro atoms. The summed E-state index contributed by atoms with van der Waals surface area (Å²) in [7, 11) is 1.58. The van der Waals surface area contributed by atoms with Crippen molar-refractivity contribution in [2.45, 2.75) is 6.42 Å². The number of ether oxygens (including phenoxy) is 2. The minimum atomic E-state index is -0.688. The van der Waals surface area contributed by atoms with Crippen LogP contribution in [0.5, 0.6) is 5.75 Å². The number of nitro benzene ring substituents is 1. The number of halogens is 1. The molecule has 2 aromatic carbocycles. The number of hydrogen-bond donors (Lipinski definition) is 0. The molecule has 0 aliphatic rings. The Balaban J connectivity index is 1.96. The van der Waals surface area contributed by atoms with Crippen molar-refractivity contribution in [3.05, 3.63) is 68.7 Å². The first-order chi connectivity index (χ1) is 11.0. The van der Waals surface area contributed by atoms with Gasteiger partial charge in [-0.2, -0.15) is 0 Å². The third-order valence-corrected chi connectivity index (χ3v) is 3.49. The molecule has 23 heavy (non-hydrogen) atoms. The summed E-state index contributed by atoms with van der Waals surface area (Å²) >= 11 is 5.89. The number of nitro groups is 1. The molecule has 0 radical (unpaired) electrons. The molecule has 0 amide bonds. The lowest BCUT2D eigenvalue weighted by Gasteiger charge is -2.07. The van der Waals surface area contributed by atoms with Crippen LogP contribution in [0.4, 0.5) is 5.69 Å². The van der Waals surface area contributed by atoms with E-state index < -0.39 is 10.9 Å². The highest BCUT2D eigenvalue weighted by Crippen LogP contribution is 2.23. The number of carbonyl (C=O) groups is 1. The number of benzene rings is 2. The lowest BCUT2D eigenvalue weighted by atomic mass is 10.1. The van der Waals surface area contributed by atoms with Gasteiger partial charge in [-0.3, -0.25) is 10.1 Å². The molecular weight excluding hydrogens is 322 g/mol. The van der Waals surface area contributed by atoms with E-state index in [9.17, 15) is 14.9 Å². The predicted octanol–water partition coefficient (Wildman–Crippen LogP) is 3.66. The van der Waals surface area contributed by atoms with Gasteiger partial charge in [0.05, 0.1) is 29.2 Å². The van der Waals surface area contributed by atoms with E-state index in [0.717, 1.165) is 17.4 Å². The fourth-order valence-electron chi connectivity index (χ4n) is 1.91. The summed E-state index contributed by atoms with van der Waals surface area (Å²) in [6, 6.07) is 11.0. The van der Waals surface area contributed by atoms with Crippen molar-refractivity contribution < 1.29 is 19.2 Å². The Hall–Kier alpha value is -2.60. The molecule has 0 bridgehead atoms. The van der Waals surface area contributed by atoms with Crippen molar-refractivity contribution in [2.24, 2.45) is 0 Å². The van der Waals surface area contributed by atoms with Gasteiger partial charge in [0.1, 0.15) is 5.75 Å². The second-order valence-electron chi connectivity index (χ2n) is 4.66. The Morgan fingerprint density at radius 1 is 1.22 bits per heavy atom. The molecule has 0 saturated carbocycles. The molecule has 0 unspecified atom stereocenters. The zero-order chi connectivity index (χ0) is 16.8. The van der Waals surface area contributed by atoms with Crippen LogP contribution in [0.3, 0.4) is 0 Å². The molecule has 2 rings (SSSR count). The quantitative estimate of drug-likeness (QED) is 0.457. The topological polar surface area (TPSA) is 78.7 Å². The summed E-state index contributed by atoms with van der Waals surface area (Å²) in [5.74, 6) is 0.0568. The standard InChI is InChI=1S/C16H14ClNO5/c1-22-13-5-2-11(3-6-13)8-9-23-16(19)14-10-12(18(20)21)4-7-15(14)17/h2-7,10H,8-9H2,1H3. The summed E-state index contributed by atoms with van der Waals surface area (Å²) in [5, 5.41) is 10.9. The number of hydrogen-bond acceptors (Lipinski definition) is 5. The van der Waals surface area contributed by atoms with Crippen LogP contribution in [0, 0.1) is 10.1 Å². The van der Waals surface area contributed by atoms with E-state index in [1.54, 1.807) is 7.11 Å². The van der Waals surface area contributed by atoms with Crippen LogP contribution < -0.4 is 4.74 Å². The summed E-state index contributed by atoms with van der Waals surface area (Å²) < 4.78 is 10.2. The zero-order valence-electron chi connectivity index (χ0n) is 12.3. The normalized spacial score (nSPS) is 10.2. The molecule has 0 fully saturated rings. The fourth-order valence-corrected chi connectivity index (χ4v) is 2.11. The highest BCUT2D eigenvalue weighted by atomic mass is 35.5. The van der Waals surface area contributed by atoms with Gasteiger partial charge in [-0.1, -0.05) is 23.7 Å². The third kappa shape index (κ3) is 4.43. The molecule has 0 heterocycles. The Morgan fingerprint density at radius 2 is 1.91 bits per heavy atom. The van der Waals surface area contributed by atoms with E-state index >= 15 is 0 Å². The minimum absolute atomic E-state index is 0.0180. The SMILES string of the molecule is COc1ccc(CCOC(=O)c2cc([N+](=O)[O-])ccc2Cl)cc1. The number of carbonyl (C=O) groups excluding carboxylic acids is 1. The van der Waals surface area contributed by atoms with Gasteiger partial charge in [0.2, 0.25) is 0 Å². The van der Waals surface area contributed by atoms with Crippen LogP contribution in [0.1, 0.15) is 15.9 Å². The van der Waals surface area contributed by atoms with Gasteiger partial charge in [0.25, 0.3) is 5.69 Å². The minimum Gasteiger partial charge on any atom is -0.497 e. The van der Waals surface area contributed by atoms with E-state index in [4.69, 9.17) is 21.1 Å². The molecule has 0 N–H and O–H groups in total. The van der Waals surface area contributed by atoms with Gasteiger partial charge in [0.15, 0.2) is 0 Å². The number of rotatable bonds is 6. The second-order valence-corrected chi connectivity index (χ2v) is 5.06. The largest absolute Gasteiger partial charge is 0.497 e. The molecule has 2 aromatic rings. The predicted molar refractivity (Wildman–Crippen MR) is 85.1 cm³/mol. The van der Waals surface area contributed by atoms with E-state index in [0.29, 0.717) is 6.42 Å². The maximum atomic E-state index is 12.0. The molecular formula is C16H14ClNO5. The van der Waals surface area contributed by atoms with Crippen molar-refractivity contribution in [1.29, 1.82) is 0 Å². The highest BCUT2D eigenvalue weighted by Gasteiger charge is 2.16. The van der Waals surface area contributed by atoms with E-state index in [1.165, 1.54) is 12.1 Å². The lowest BCUT2D eigenvalue weighted by Crippen LogP contribution is -2.09. The van der Waals surface area contributed by atoms with Crippen LogP contribution in [0.15, 0.2) is 42.5 Å². The third-order valence-electron chi connectivity index (χ3n) is 3.16. The first-order valence-corrected chi connectivity index (χ1v) is 7.13. The second kappa shape index (κ2) is 7.60. The number of nitrogens with zero attached hydrogens (tertiary/aromatic N) is 1. The van der Waals surface area contributed by atoms with Crippen LogP contribution in [-0.4, -0.2) is 24.6 Å². The Kier molecular flexibility index (Phi) is 5.54. The van der Waals surface area contributed by atoms with Crippen molar-refractivity contribution >= 4 is 23.3 Å². The highest BCUT2D eigenvalue weighted by molar-refractivity contribution is 6.33. The van der Waals surface area contributed by atoms with Gasteiger partial charge in [-0.15, -0.1) is 0 Å². The van der Waals surface area contributed by atoms with E-state index in [1.807, 2.05) is 24.3 Å². The average molecular weight is 336 g/mol. The maximum Gasteiger partial charge on any atom is 0.339 e. The van der Waals surface area contributed by atoms with Gasteiger partial charge in [0, 0.05) is 18.6 Å². The molecule has 0 saturated heterocycles. The summed E-state index contributed by atoms with van der Waals surface area (Å²) in [6.07, 6.45) is 0.516. The van der Waals surface area contributed by atoms with Gasteiger partial charge < -0.3 is 9.47 Å². The fraction of sp³-hybridized carbons (Fsp3) is 0.188. The molecule has 0 atom stereocenters. The molecule has 0 aliphatic heterocycles. The smallest absolute Gasteiger partial charge is 0.339 e. The van der Waals surface area contributed by atoms with Crippen molar-refractivity contribution in [2.75, 3.05) is 13.7 Å². The molecule has 7 heteroatoms. The van der Waals surface area contributed by atoms with Gasteiger partial charge in [-0.05, 0) is 23.8 Å². The van der Waals surface area contributed by atoms with Crippen LogP contribution in [-0.2, 0) is 11.2 Å². The van der Waals surface area contributed by atoms with Crippen LogP contribution in [0.2, 0.25) is 5.02 Å². The number of non-ortho nitro benzene ring substituents is 1. The monoisotopic (exact) mass is 335 g/mol. The Morgan fingerprint density at radius 3 is 2.52 bits per heavy atom. The first kappa shape index (κ1) is 16.8. The van der Waals surface area contributed by atoms with Gasteiger partial charge in [-0.25, -0.2) is 4.79 Å². The number of methoxy groups -OCH3 is 1. The molecule has 0 aromatic heterocycles. The average Bonchev–Trinajstić information content (AvgIpc) is 2.55. The van der Waals surface area contributed by atoms with Crippen LogP contribution >= 0.6 is 11.6 Å². The summed E-state index contributed by atoms with van der Waals surface area (Å²) in [5.41, 5.74) is 0.746. The first-order valence-electron chi connectivity index (χ1n) is 6.75. The van der Waals surface area contributed by atoms with Crippen LogP contribution in [0.25, 0.3) is 0 Å².